The van der Waals surface area contributed by atoms with E-state index in [-0.39, 0.29) is 11.7 Å². The van der Waals surface area contributed by atoms with Crippen LogP contribution in [0.5, 0.6) is 0 Å². The number of benzene rings is 1. The number of nitrogens with two attached hydrogens (primary N) is 1. The van der Waals surface area contributed by atoms with E-state index in [9.17, 15) is 13.2 Å². The average Bonchev–Trinajstić information content (AvgIpc) is 3.07. The van der Waals surface area contributed by atoms with E-state index in [2.05, 4.69) is 12.2 Å². The Balaban J connectivity index is 1.56. The van der Waals surface area contributed by atoms with Crippen LogP contribution in [0.4, 0.5) is 5.69 Å². The summed E-state index contributed by atoms with van der Waals surface area (Å²) in [4.78, 5) is 11.9. The van der Waals surface area contributed by atoms with Gasteiger partial charge < -0.3 is 9.73 Å². The normalized spacial score (nSPS) is 19.9. The summed E-state index contributed by atoms with van der Waals surface area (Å²) in [5.74, 6) is 2.26. The van der Waals surface area contributed by atoms with E-state index in [1.807, 2.05) is 12.1 Å². The lowest BCUT2D eigenvalue weighted by Gasteiger charge is -2.04. The summed E-state index contributed by atoms with van der Waals surface area (Å²) >= 11 is 0. The number of carbonyl (C=O) groups is 1. The van der Waals surface area contributed by atoms with E-state index in [0.29, 0.717) is 28.8 Å². The molecule has 6 nitrogen and oxygen atoms in total. The van der Waals surface area contributed by atoms with Crippen molar-refractivity contribution in [2.45, 2.75) is 25.0 Å². The predicted octanol–water partition coefficient (Wildman–Crippen LogP) is 2.84. The van der Waals surface area contributed by atoms with Crippen LogP contribution < -0.4 is 10.5 Å². The van der Waals surface area contributed by atoms with E-state index in [4.69, 9.17) is 9.56 Å². The van der Waals surface area contributed by atoms with Gasteiger partial charge in [-0.1, -0.05) is 19.1 Å². The van der Waals surface area contributed by atoms with Crippen molar-refractivity contribution in [2.75, 3.05) is 5.32 Å². The molecule has 0 bridgehead atoms. The minimum atomic E-state index is -3.56. The molecule has 2 atom stereocenters. The quantitative estimate of drug-likeness (QED) is 0.773. The number of anilines is 1. The van der Waals surface area contributed by atoms with Gasteiger partial charge in [0.15, 0.2) is 0 Å². The molecule has 1 aromatic heterocycles. The van der Waals surface area contributed by atoms with E-state index in [1.165, 1.54) is 6.08 Å². The van der Waals surface area contributed by atoms with Crippen molar-refractivity contribution < 1.29 is 17.6 Å². The molecular formula is C18H20N2O4S. The number of sulfonamides is 1. The molecule has 1 amide bonds. The third-order valence-electron chi connectivity index (χ3n) is 4.11. The highest BCUT2D eigenvalue weighted by Gasteiger charge is 2.36. The van der Waals surface area contributed by atoms with Crippen molar-refractivity contribution in [1.82, 2.24) is 0 Å². The Bertz CT molecular complexity index is 897. The first-order valence-corrected chi connectivity index (χ1v) is 9.70. The molecular weight excluding hydrogens is 340 g/mol. The Morgan fingerprint density at radius 3 is 2.56 bits per heavy atom. The van der Waals surface area contributed by atoms with Crippen LogP contribution in [0, 0.1) is 5.92 Å². The maximum absolute atomic E-state index is 11.9. The van der Waals surface area contributed by atoms with Crippen molar-refractivity contribution in [2.24, 2.45) is 11.1 Å². The summed E-state index contributed by atoms with van der Waals surface area (Å²) in [6.07, 6.45) is 4.18. The number of amides is 1. The minimum Gasteiger partial charge on any atom is -0.461 e. The molecule has 1 aliphatic carbocycles. The first-order valence-electron chi connectivity index (χ1n) is 7.98. The fourth-order valence-corrected chi connectivity index (χ4v) is 3.29. The molecule has 1 heterocycles. The van der Waals surface area contributed by atoms with Gasteiger partial charge in [0.25, 0.3) is 0 Å². The molecule has 3 rings (SSSR count). The third-order valence-corrected chi connectivity index (χ3v) is 4.85. The number of furan rings is 1. The van der Waals surface area contributed by atoms with Crippen LogP contribution in [-0.4, -0.2) is 14.3 Å². The SMILES string of the molecule is CC1CC1c1ccc(/C=C/C(=O)Nc2ccc(CS(N)(=O)=O)cc2)o1. The second-order valence-corrected chi connectivity index (χ2v) is 8.00. The van der Waals surface area contributed by atoms with Gasteiger partial charge in [-0.05, 0) is 48.2 Å². The lowest BCUT2D eigenvalue weighted by atomic mass is 10.2. The van der Waals surface area contributed by atoms with Crippen LogP contribution in [0.15, 0.2) is 46.9 Å². The van der Waals surface area contributed by atoms with Crippen LogP contribution in [0.1, 0.15) is 36.3 Å². The summed E-state index contributed by atoms with van der Waals surface area (Å²) < 4.78 is 27.8. The van der Waals surface area contributed by atoms with Crippen molar-refractivity contribution >= 4 is 27.7 Å². The van der Waals surface area contributed by atoms with Crippen LogP contribution in [0.25, 0.3) is 6.08 Å². The molecule has 1 fully saturated rings. The van der Waals surface area contributed by atoms with Crippen LogP contribution >= 0.6 is 0 Å². The van der Waals surface area contributed by atoms with Gasteiger partial charge in [-0.15, -0.1) is 0 Å². The first kappa shape index (κ1) is 17.4. The molecule has 1 saturated carbocycles. The molecule has 0 radical (unpaired) electrons. The maximum Gasteiger partial charge on any atom is 0.248 e. The molecule has 7 heteroatoms. The first-order chi connectivity index (χ1) is 11.8. The second-order valence-electron chi connectivity index (χ2n) is 6.39. The van der Waals surface area contributed by atoms with E-state index in [1.54, 1.807) is 30.3 Å². The maximum atomic E-state index is 11.9. The summed E-state index contributed by atoms with van der Waals surface area (Å²) in [5.41, 5.74) is 1.13. The van der Waals surface area contributed by atoms with Gasteiger partial charge in [0.1, 0.15) is 11.5 Å². The lowest BCUT2D eigenvalue weighted by molar-refractivity contribution is -0.111. The number of hydrogen-bond donors (Lipinski definition) is 2. The van der Waals surface area contributed by atoms with Crippen molar-refractivity contribution in [3.8, 4) is 0 Å². The van der Waals surface area contributed by atoms with Gasteiger partial charge >= 0.3 is 0 Å². The smallest absolute Gasteiger partial charge is 0.248 e. The monoisotopic (exact) mass is 360 g/mol. The molecule has 25 heavy (non-hydrogen) atoms. The summed E-state index contributed by atoms with van der Waals surface area (Å²) in [5, 5.41) is 7.70. The Morgan fingerprint density at radius 2 is 1.96 bits per heavy atom. The number of hydrogen-bond acceptors (Lipinski definition) is 4. The van der Waals surface area contributed by atoms with E-state index in [0.717, 1.165) is 12.2 Å². The summed E-state index contributed by atoms with van der Waals surface area (Å²) in [6, 6.07) is 10.3. The molecule has 132 valence electrons. The lowest BCUT2D eigenvalue weighted by Crippen LogP contribution is -2.14. The highest BCUT2D eigenvalue weighted by molar-refractivity contribution is 7.88. The number of carbonyl (C=O) groups excluding carboxylic acids is 1. The Kier molecular flexibility index (Phi) is 4.78. The van der Waals surface area contributed by atoms with Crippen molar-refractivity contribution in [3.63, 3.8) is 0 Å². The van der Waals surface area contributed by atoms with Crippen LogP contribution in [0.3, 0.4) is 0 Å². The molecule has 0 spiro atoms. The zero-order valence-electron chi connectivity index (χ0n) is 13.8. The van der Waals surface area contributed by atoms with Gasteiger partial charge in [-0.25, -0.2) is 13.6 Å². The zero-order chi connectivity index (χ0) is 18.0. The highest BCUT2D eigenvalue weighted by atomic mass is 32.2. The van der Waals surface area contributed by atoms with Crippen molar-refractivity contribution in [1.29, 1.82) is 0 Å². The molecule has 2 aromatic rings. The Morgan fingerprint density at radius 1 is 1.28 bits per heavy atom. The summed E-state index contributed by atoms with van der Waals surface area (Å²) in [7, 11) is -3.56. The highest BCUT2D eigenvalue weighted by Crippen LogP contribution is 2.47. The molecule has 3 N–H and O–H groups in total. The topological polar surface area (TPSA) is 102 Å². The van der Waals surface area contributed by atoms with E-state index < -0.39 is 10.0 Å². The van der Waals surface area contributed by atoms with Gasteiger partial charge in [0.05, 0.1) is 5.75 Å². The predicted molar refractivity (Wildman–Crippen MR) is 96.1 cm³/mol. The van der Waals surface area contributed by atoms with Gasteiger partial charge in [0, 0.05) is 17.7 Å². The molecule has 0 aliphatic heterocycles. The second kappa shape index (κ2) is 6.85. The third kappa shape index (κ3) is 5.04. The van der Waals surface area contributed by atoms with Crippen LogP contribution in [0.2, 0.25) is 0 Å². The Hall–Kier alpha value is -2.38. The standard InChI is InChI=1S/C18H20N2O4S/c1-12-10-16(12)17-8-6-15(24-17)7-9-18(21)20-14-4-2-13(3-5-14)11-25(19,22)23/h2-9,12,16H,10-11H2,1H3,(H,20,21)(H2,19,22,23)/b9-7+. The van der Waals surface area contributed by atoms with Gasteiger partial charge in [-0.2, -0.15) is 0 Å². The molecule has 1 aliphatic rings. The fourth-order valence-electron chi connectivity index (χ4n) is 2.63. The largest absolute Gasteiger partial charge is 0.461 e. The van der Waals surface area contributed by atoms with Gasteiger partial charge in [-0.3, -0.25) is 4.79 Å². The molecule has 0 saturated heterocycles. The van der Waals surface area contributed by atoms with E-state index >= 15 is 0 Å². The van der Waals surface area contributed by atoms with Crippen LogP contribution in [-0.2, 0) is 20.6 Å². The van der Waals surface area contributed by atoms with Crippen molar-refractivity contribution in [3.05, 3.63) is 59.6 Å². The van der Waals surface area contributed by atoms with Gasteiger partial charge in [0.2, 0.25) is 15.9 Å². The number of nitrogens with one attached hydrogen (secondary N) is 1. The molecule has 1 aromatic carbocycles. The average molecular weight is 360 g/mol. The number of rotatable bonds is 6. The molecule has 2 unspecified atom stereocenters. The zero-order valence-corrected chi connectivity index (χ0v) is 14.6. The minimum absolute atomic E-state index is 0.235. The Labute approximate surface area is 146 Å². The number of primary sulfonamides is 1. The summed E-state index contributed by atoms with van der Waals surface area (Å²) in [6.45, 7) is 2.18. The fraction of sp³-hybridized carbons (Fsp3) is 0.278.